The molecule has 0 bridgehead atoms. The number of carbonyl (C=O) groups excluding carboxylic acids is 1. The number of rotatable bonds is 3. The van der Waals surface area contributed by atoms with E-state index in [-0.39, 0.29) is 24.5 Å². The fourth-order valence-corrected chi connectivity index (χ4v) is 3.44. The molecule has 2 fully saturated rings. The summed E-state index contributed by atoms with van der Waals surface area (Å²) in [7, 11) is 0. The smallest absolute Gasteiger partial charge is 0.226 e. The molecule has 0 radical (unpaired) electrons. The molecule has 5 nitrogen and oxygen atoms in total. The molecule has 3 unspecified atom stereocenters. The van der Waals surface area contributed by atoms with Crippen LogP contribution in [0.1, 0.15) is 33.1 Å². The summed E-state index contributed by atoms with van der Waals surface area (Å²) in [5.74, 6) is 0.590. The third-order valence-corrected chi connectivity index (χ3v) is 4.28. The van der Waals surface area contributed by atoms with Crippen LogP contribution in [0, 0.1) is 11.8 Å². The van der Waals surface area contributed by atoms with Gasteiger partial charge in [-0.2, -0.15) is 0 Å². The van der Waals surface area contributed by atoms with Crippen LogP contribution in [0.5, 0.6) is 0 Å². The van der Waals surface area contributed by atoms with Crippen molar-refractivity contribution in [1.29, 1.82) is 0 Å². The molecule has 110 valence electrons. The standard InChI is InChI=1S/C14H26N2O3/c1-14(2)9-16(7-11(8-17)19-14)13(18)12-5-3-4-10(12)6-15/h10-12,17H,3-9,15H2,1-2H3. The average Bonchev–Trinajstić information content (AvgIpc) is 2.84. The third-order valence-electron chi connectivity index (χ3n) is 4.28. The van der Waals surface area contributed by atoms with E-state index in [4.69, 9.17) is 10.5 Å². The van der Waals surface area contributed by atoms with Gasteiger partial charge in [-0.05, 0) is 39.2 Å². The lowest BCUT2D eigenvalue weighted by atomic mass is 9.93. The highest BCUT2D eigenvalue weighted by Gasteiger charge is 2.40. The molecule has 2 rings (SSSR count). The lowest BCUT2D eigenvalue weighted by Crippen LogP contribution is -2.57. The van der Waals surface area contributed by atoms with Crippen molar-refractivity contribution in [3.05, 3.63) is 0 Å². The Kier molecular flexibility index (Phi) is 4.48. The second kappa shape index (κ2) is 5.77. The summed E-state index contributed by atoms with van der Waals surface area (Å²) in [4.78, 5) is 14.5. The van der Waals surface area contributed by atoms with E-state index in [0.717, 1.165) is 19.3 Å². The van der Waals surface area contributed by atoms with Gasteiger partial charge in [0.25, 0.3) is 0 Å². The van der Waals surface area contributed by atoms with Crippen LogP contribution >= 0.6 is 0 Å². The molecule has 19 heavy (non-hydrogen) atoms. The lowest BCUT2D eigenvalue weighted by Gasteiger charge is -2.43. The van der Waals surface area contributed by atoms with Crippen molar-refractivity contribution >= 4 is 5.91 Å². The number of amides is 1. The summed E-state index contributed by atoms with van der Waals surface area (Å²) in [6.07, 6.45) is 2.83. The van der Waals surface area contributed by atoms with Gasteiger partial charge < -0.3 is 20.5 Å². The first-order valence-electron chi connectivity index (χ1n) is 7.24. The molecule has 1 aliphatic heterocycles. The van der Waals surface area contributed by atoms with Crippen LogP contribution in [0.3, 0.4) is 0 Å². The van der Waals surface area contributed by atoms with E-state index in [0.29, 0.717) is 25.6 Å². The van der Waals surface area contributed by atoms with Gasteiger partial charge in [-0.15, -0.1) is 0 Å². The number of morpholine rings is 1. The molecule has 5 heteroatoms. The highest BCUT2D eigenvalue weighted by molar-refractivity contribution is 5.79. The molecule has 1 heterocycles. The average molecular weight is 270 g/mol. The van der Waals surface area contributed by atoms with Crippen molar-refractivity contribution in [1.82, 2.24) is 4.90 Å². The maximum atomic E-state index is 12.7. The number of carbonyl (C=O) groups is 1. The van der Waals surface area contributed by atoms with Crippen LogP contribution in [0.15, 0.2) is 0 Å². The third kappa shape index (κ3) is 3.27. The van der Waals surface area contributed by atoms with Gasteiger partial charge in [-0.3, -0.25) is 4.79 Å². The molecule has 3 atom stereocenters. The van der Waals surface area contributed by atoms with Crippen molar-refractivity contribution in [2.45, 2.75) is 44.8 Å². The predicted molar refractivity (Wildman–Crippen MR) is 72.5 cm³/mol. The molecule has 0 spiro atoms. The first-order valence-corrected chi connectivity index (χ1v) is 7.24. The molecule has 1 amide bonds. The van der Waals surface area contributed by atoms with E-state index < -0.39 is 5.60 Å². The Balaban J connectivity index is 2.05. The molecule has 0 aromatic carbocycles. The first-order chi connectivity index (χ1) is 8.96. The van der Waals surface area contributed by atoms with Gasteiger partial charge in [0.15, 0.2) is 0 Å². The van der Waals surface area contributed by atoms with Crippen LogP contribution in [0.2, 0.25) is 0 Å². The van der Waals surface area contributed by atoms with Gasteiger partial charge >= 0.3 is 0 Å². The normalized spacial score (nSPS) is 34.5. The summed E-state index contributed by atoms with van der Waals surface area (Å²) in [6.45, 7) is 5.56. The van der Waals surface area contributed by atoms with E-state index in [1.54, 1.807) is 0 Å². The van der Waals surface area contributed by atoms with Crippen molar-refractivity contribution in [3.8, 4) is 0 Å². The van der Waals surface area contributed by atoms with Crippen LogP contribution < -0.4 is 5.73 Å². The highest BCUT2D eigenvalue weighted by atomic mass is 16.5. The Morgan fingerprint density at radius 3 is 2.84 bits per heavy atom. The molecule has 0 aromatic heterocycles. The van der Waals surface area contributed by atoms with Crippen LogP contribution in [-0.4, -0.2) is 53.9 Å². The number of hydrogen-bond acceptors (Lipinski definition) is 4. The summed E-state index contributed by atoms with van der Waals surface area (Å²) in [5.41, 5.74) is 5.37. The minimum atomic E-state index is -0.391. The maximum Gasteiger partial charge on any atom is 0.226 e. The number of aliphatic hydroxyl groups is 1. The largest absolute Gasteiger partial charge is 0.394 e. The number of nitrogens with two attached hydrogens (primary N) is 1. The number of hydrogen-bond donors (Lipinski definition) is 2. The molecule has 1 saturated heterocycles. The zero-order chi connectivity index (χ0) is 14.0. The SMILES string of the molecule is CC1(C)CN(C(=O)C2CCCC2CN)CC(CO)O1. The Hall–Kier alpha value is -0.650. The van der Waals surface area contributed by atoms with Crippen molar-refractivity contribution in [2.75, 3.05) is 26.2 Å². The van der Waals surface area contributed by atoms with Crippen LogP contribution in [0.25, 0.3) is 0 Å². The maximum absolute atomic E-state index is 12.7. The van der Waals surface area contributed by atoms with Gasteiger partial charge in [0.05, 0.1) is 18.3 Å². The summed E-state index contributed by atoms with van der Waals surface area (Å²) in [6, 6.07) is 0. The number of nitrogens with zero attached hydrogens (tertiary/aromatic N) is 1. The Bertz CT molecular complexity index is 333. The van der Waals surface area contributed by atoms with E-state index in [9.17, 15) is 9.90 Å². The quantitative estimate of drug-likeness (QED) is 0.776. The van der Waals surface area contributed by atoms with Gasteiger partial charge in [0.1, 0.15) is 0 Å². The molecule has 2 aliphatic rings. The zero-order valence-electron chi connectivity index (χ0n) is 12.0. The van der Waals surface area contributed by atoms with E-state index in [1.807, 2.05) is 18.7 Å². The fraction of sp³-hybridized carbons (Fsp3) is 0.929. The molecular weight excluding hydrogens is 244 g/mol. The zero-order valence-corrected chi connectivity index (χ0v) is 12.0. The minimum absolute atomic E-state index is 0.0435. The van der Waals surface area contributed by atoms with E-state index >= 15 is 0 Å². The van der Waals surface area contributed by atoms with Gasteiger partial charge in [-0.1, -0.05) is 6.42 Å². The monoisotopic (exact) mass is 270 g/mol. The predicted octanol–water partition coefficient (Wildman–Crippen LogP) is 0.360. The van der Waals surface area contributed by atoms with E-state index in [1.165, 1.54) is 0 Å². The molecule has 0 aromatic rings. The van der Waals surface area contributed by atoms with Crippen molar-refractivity contribution in [2.24, 2.45) is 17.6 Å². The summed E-state index contributed by atoms with van der Waals surface area (Å²) >= 11 is 0. The topological polar surface area (TPSA) is 75.8 Å². The van der Waals surface area contributed by atoms with Crippen LogP contribution in [0.4, 0.5) is 0 Å². The molecule has 1 aliphatic carbocycles. The molecular formula is C14H26N2O3. The summed E-state index contributed by atoms with van der Waals surface area (Å²) in [5, 5.41) is 9.30. The fourth-order valence-electron chi connectivity index (χ4n) is 3.44. The Labute approximate surface area is 115 Å². The molecule has 3 N–H and O–H groups in total. The van der Waals surface area contributed by atoms with Crippen LogP contribution in [-0.2, 0) is 9.53 Å². The number of aliphatic hydroxyl groups excluding tert-OH is 1. The first kappa shape index (κ1) is 14.8. The highest BCUT2D eigenvalue weighted by Crippen LogP contribution is 2.33. The van der Waals surface area contributed by atoms with Gasteiger partial charge in [-0.25, -0.2) is 0 Å². The second-order valence-corrected chi connectivity index (χ2v) is 6.43. The second-order valence-electron chi connectivity index (χ2n) is 6.43. The number of ether oxygens (including phenoxy) is 1. The van der Waals surface area contributed by atoms with E-state index in [2.05, 4.69) is 0 Å². The Morgan fingerprint density at radius 1 is 1.47 bits per heavy atom. The minimum Gasteiger partial charge on any atom is -0.394 e. The Morgan fingerprint density at radius 2 is 2.21 bits per heavy atom. The molecule has 1 saturated carbocycles. The van der Waals surface area contributed by atoms with Crippen molar-refractivity contribution in [3.63, 3.8) is 0 Å². The summed E-state index contributed by atoms with van der Waals surface area (Å²) < 4.78 is 5.75. The lowest BCUT2D eigenvalue weighted by molar-refractivity contribution is -0.170. The van der Waals surface area contributed by atoms with Crippen molar-refractivity contribution < 1.29 is 14.6 Å². The van der Waals surface area contributed by atoms with Gasteiger partial charge in [0.2, 0.25) is 5.91 Å². The van der Waals surface area contributed by atoms with Gasteiger partial charge in [0, 0.05) is 19.0 Å².